The summed E-state index contributed by atoms with van der Waals surface area (Å²) >= 11 is 0. The van der Waals surface area contributed by atoms with Crippen molar-refractivity contribution in [2.24, 2.45) is 5.92 Å². The van der Waals surface area contributed by atoms with Gasteiger partial charge >= 0.3 is 5.69 Å². The van der Waals surface area contributed by atoms with Crippen molar-refractivity contribution in [3.63, 3.8) is 0 Å². The third kappa shape index (κ3) is 2.23. The van der Waals surface area contributed by atoms with Crippen molar-refractivity contribution in [2.45, 2.75) is 44.9 Å². The van der Waals surface area contributed by atoms with Gasteiger partial charge in [-0.25, -0.2) is 9.18 Å². The highest BCUT2D eigenvalue weighted by Crippen LogP contribution is 2.45. The molecule has 106 valence electrons. The first kappa shape index (κ1) is 14.0. The van der Waals surface area contributed by atoms with Crippen LogP contribution in [0.15, 0.2) is 17.1 Å². The van der Waals surface area contributed by atoms with Gasteiger partial charge in [0.15, 0.2) is 11.9 Å². The molecule has 0 aromatic carbocycles. The molecule has 1 saturated heterocycles. The van der Waals surface area contributed by atoms with E-state index >= 15 is 0 Å². The highest BCUT2D eigenvalue weighted by Gasteiger charge is 2.54. The molecule has 2 rings (SSSR count). The lowest BCUT2D eigenvalue weighted by Gasteiger charge is -2.25. The fourth-order valence-electron chi connectivity index (χ4n) is 2.42. The van der Waals surface area contributed by atoms with Crippen LogP contribution in [0.3, 0.4) is 0 Å². The molecule has 1 aromatic rings. The molecular formula is C12H18FN3O3. The number of nitrogen functional groups attached to an aromatic ring is 1. The van der Waals surface area contributed by atoms with Crippen molar-refractivity contribution in [2.75, 3.05) is 5.73 Å². The van der Waals surface area contributed by atoms with Crippen LogP contribution in [0.2, 0.25) is 0 Å². The maximum Gasteiger partial charge on any atom is 0.351 e. The molecular weight excluding hydrogens is 253 g/mol. The first-order valence-corrected chi connectivity index (χ1v) is 6.12. The van der Waals surface area contributed by atoms with Gasteiger partial charge in [-0.3, -0.25) is 4.57 Å². The van der Waals surface area contributed by atoms with Gasteiger partial charge in [-0.1, -0.05) is 6.92 Å². The number of aromatic nitrogens is 2. The number of ether oxygens (including phenoxy) is 1. The zero-order valence-corrected chi connectivity index (χ0v) is 11.1. The number of nitrogens with zero attached hydrogens (tertiary/aromatic N) is 2. The Bertz CT molecular complexity index is 529. The minimum Gasteiger partial charge on any atom is -0.391 e. The second kappa shape index (κ2) is 4.57. The largest absolute Gasteiger partial charge is 0.391 e. The molecule has 6 nitrogen and oxygen atoms in total. The molecule has 1 aromatic heterocycles. The van der Waals surface area contributed by atoms with E-state index in [0.717, 1.165) is 4.57 Å². The molecule has 0 amide bonds. The number of hydrogen-bond acceptors (Lipinski definition) is 5. The Morgan fingerprint density at radius 2 is 2.32 bits per heavy atom. The van der Waals surface area contributed by atoms with E-state index < -0.39 is 35.7 Å². The third-order valence-electron chi connectivity index (χ3n) is 3.73. The third-order valence-corrected chi connectivity index (χ3v) is 3.73. The van der Waals surface area contributed by atoms with Gasteiger partial charge < -0.3 is 15.6 Å². The lowest BCUT2D eigenvalue weighted by atomic mass is 9.88. The molecule has 0 radical (unpaired) electrons. The van der Waals surface area contributed by atoms with Gasteiger partial charge in [0.25, 0.3) is 0 Å². The fourth-order valence-corrected chi connectivity index (χ4v) is 2.42. The van der Waals surface area contributed by atoms with Crippen molar-refractivity contribution in [1.29, 1.82) is 0 Å². The molecule has 0 spiro atoms. The van der Waals surface area contributed by atoms with Crippen LogP contribution in [-0.2, 0) is 4.74 Å². The zero-order chi connectivity index (χ0) is 14.4. The summed E-state index contributed by atoms with van der Waals surface area (Å²) in [5.74, 6) is -0.484. The van der Waals surface area contributed by atoms with Crippen LogP contribution in [0, 0.1) is 5.92 Å². The van der Waals surface area contributed by atoms with Gasteiger partial charge in [0.2, 0.25) is 0 Å². The van der Waals surface area contributed by atoms with Gasteiger partial charge in [-0.05, 0) is 19.9 Å². The molecule has 1 aliphatic rings. The Morgan fingerprint density at radius 1 is 1.68 bits per heavy atom. The van der Waals surface area contributed by atoms with Crippen molar-refractivity contribution in [3.05, 3.63) is 22.7 Å². The Hall–Kier alpha value is -1.47. The summed E-state index contributed by atoms with van der Waals surface area (Å²) in [5.41, 5.74) is 2.94. The quantitative estimate of drug-likeness (QED) is 0.816. The molecule has 0 aliphatic carbocycles. The Kier molecular flexibility index (Phi) is 3.36. The second-order valence-electron chi connectivity index (χ2n) is 5.18. The van der Waals surface area contributed by atoms with E-state index in [4.69, 9.17) is 10.5 Å². The van der Waals surface area contributed by atoms with Crippen LogP contribution in [0.25, 0.3) is 0 Å². The highest BCUT2D eigenvalue weighted by molar-refractivity contribution is 5.23. The standard InChI is InChI=1S/C12H18FN3O3/c1-6-9(7(2)17)19-10(12(6,3)13)16-5-4-8(14)15-11(16)18/h4-7,9-10,17H,1-3H3,(H2,14,15,18)/t6-,7+,9?,10-,12+/m1/s1. The molecule has 19 heavy (non-hydrogen) atoms. The van der Waals surface area contributed by atoms with E-state index in [2.05, 4.69) is 4.98 Å². The SMILES string of the molecule is C[C@H](O)C1O[C@@H](n2ccc(N)nc2=O)[C@@](C)(F)[C@@H]1C. The van der Waals surface area contributed by atoms with Gasteiger partial charge in [-0.2, -0.15) is 4.98 Å². The number of aliphatic hydroxyl groups is 1. The normalized spacial score (nSPS) is 36.4. The highest BCUT2D eigenvalue weighted by atomic mass is 19.1. The first-order chi connectivity index (χ1) is 8.75. The predicted molar refractivity (Wildman–Crippen MR) is 67.2 cm³/mol. The molecule has 3 N–H and O–H groups in total. The number of anilines is 1. The maximum atomic E-state index is 14.8. The summed E-state index contributed by atoms with van der Waals surface area (Å²) in [4.78, 5) is 15.3. The topological polar surface area (TPSA) is 90.4 Å². The minimum atomic E-state index is -1.79. The lowest BCUT2D eigenvalue weighted by Crippen LogP contribution is -2.39. The molecule has 1 fully saturated rings. The average molecular weight is 271 g/mol. The van der Waals surface area contributed by atoms with E-state index in [1.165, 1.54) is 26.1 Å². The minimum absolute atomic E-state index is 0.0694. The number of rotatable bonds is 2. The number of hydrogen-bond donors (Lipinski definition) is 2. The fraction of sp³-hybridized carbons (Fsp3) is 0.667. The van der Waals surface area contributed by atoms with E-state index in [9.17, 15) is 14.3 Å². The smallest absolute Gasteiger partial charge is 0.351 e. The van der Waals surface area contributed by atoms with E-state index in [1.807, 2.05) is 0 Å². The summed E-state index contributed by atoms with van der Waals surface area (Å²) < 4.78 is 21.4. The number of halogens is 1. The average Bonchev–Trinajstić information content (AvgIpc) is 2.52. The summed E-state index contributed by atoms with van der Waals surface area (Å²) in [5, 5.41) is 9.62. The predicted octanol–water partition coefficient (Wildman–Crippen LogP) is 0.468. The molecule has 0 saturated carbocycles. The summed E-state index contributed by atoms with van der Waals surface area (Å²) in [6, 6.07) is 1.40. The van der Waals surface area contributed by atoms with Crippen LogP contribution in [0.4, 0.5) is 10.2 Å². The van der Waals surface area contributed by atoms with Gasteiger partial charge in [0.05, 0.1) is 12.2 Å². The Labute approximate surface area is 110 Å². The Balaban J connectivity index is 2.42. The Morgan fingerprint density at radius 3 is 2.79 bits per heavy atom. The van der Waals surface area contributed by atoms with Crippen LogP contribution in [-0.4, -0.2) is 32.5 Å². The van der Waals surface area contributed by atoms with E-state index in [1.54, 1.807) is 6.92 Å². The molecule has 1 unspecified atom stereocenters. The van der Waals surface area contributed by atoms with Crippen LogP contribution < -0.4 is 11.4 Å². The summed E-state index contributed by atoms with van der Waals surface area (Å²) in [7, 11) is 0. The molecule has 5 atom stereocenters. The van der Waals surface area contributed by atoms with Crippen molar-refractivity contribution in [3.8, 4) is 0 Å². The van der Waals surface area contributed by atoms with Crippen molar-refractivity contribution in [1.82, 2.24) is 9.55 Å². The van der Waals surface area contributed by atoms with Crippen molar-refractivity contribution < 1.29 is 14.2 Å². The van der Waals surface area contributed by atoms with Crippen molar-refractivity contribution >= 4 is 5.82 Å². The van der Waals surface area contributed by atoms with Crippen LogP contribution in [0.1, 0.15) is 27.0 Å². The molecule has 0 bridgehead atoms. The summed E-state index contributed by atoms with van der Waals surface area (Å²) in [6.07, 6.45) is -1.27. The van der Waals surface area contributed by atoms with Gasteiger partial charge in [0.1, 0.15) is 5.82 Å². The van der Waals surface area contributed by atoms with Gasteiger partial charge in [0, 0.05) is 12.1 Å². The maximum absolute atomic E-state index is 14.8. The number of alkyl halides is 1. The molecule has 7 heteroatoms. The zero-order valence-electron chi connectivity index (χ0n) is 11.1. The second-order valence-corrected chi connectivity index (χ2v) is 5.18. The van der Waals surface area contributed by atoms with Crippen LogP contribution in [0.5, 0.6) is 0 Å². The first-order valence-electron chi connectivity index (χ1n) is 6.12. The molecule has 1 aliphatic heterocycles. The monoisotopic (exact) mass is 271 g/mol. The van der Waals surface area contributed by atoms with E-state index in [0.29, 0.717) is 0 Å². The van der Waals surface area contributed by atoms with E-state index in [-0.39, 0.29) is 5.82 Å². The van der Waals surface area contributed by atoms with Gasteiger partial charge in [-0.15, -0.1) is 0 Å². The lowest BCUT2D eigenvalue weighted by molar-refractivity contribution is -0.0798. The number of aliphatic hydroxyl groups excluding tert-OH is 1. The summed E-state index contributed by atoms with van der Waals surface area (Å²) in [6.45, 7) is 4.53. The van der Waals surface area contributed by atoms with Crippen LogP contribution >= 0.6 is 0 Å². The molecule has 2 heterocycles. The number of nitrogens with two attached hydrogens (primary N) is 1.